The molecule has 2 atom stereocenters. The molecule has 2 saturated heterocycles. The Balaban J connectivity index is 1.20. The Labute approximate surface area is 217 Å². The summed E-state index contributed by atoms with van der Waals surface area (Å²) in [6.07, 6.45) is 0.561. The number of hydrogen-bond donors (Lipinski definition) is 1. The Morgan fingerprint density at radius 2 is 1.97 bits per heavy atom. The molecular formula is C25H28F2N4O7. The third kappa shape index (κ3) is 5.79. The Hall–Kier alpha value is -3.55. The third-order valence-corrected chi connectivity index (χ3v) is 6.71. The summed E-state index contributed by atoms with van der Waals surface area (Å²) in [6.45, 7) is 3.02. The van der Waals surface area contributed by atoms with Crippen molar-refractivity contribution < 1.29 is 42.2 Å². The number of carbonyl (C=O) groups is 2. The van der Waals surface area contributed by atoms with E-state index in [1.54, 1.807) is 6.08 Å². The first-order chi connectivity index (χ1) is 18.4. The first-order valence-electron chi connectivity index (χ1n) is 12.4. The van der Waals surface area contributed by atoms with Crippen molar-refractivity contribution in [2.75, 3.05) is 64.0 Å². The number of morpholine rings is 1. The summed E-state index contributed by atoms with van der Waals surface area (Å²) in [7, 11) is 0. The normalized spacial score (nSPS) is 21.3. The number of carbonyl (C=O) groups excluding carboxylic acids is 2. The lowest BCUT2D eigenvalue weighted by Gasteiger charge is -2.32. The van der Waals surface area contributed by atoms with Gasteiger partial charge in [0.25, 0.3) is 11.8 Å². The van der Waals surface area contributed by atoms with E-state index < -0.39 is 35.8 Å². The maximum absolute atomic E-state index is 15.1. The van der Waals surface area contributed by atoms with Crippen LogP contribution in [0.3, 0.4) is 0 Å². The highest BCUT2D eigenvalue weighted by molar-refractivity contribution is 5.90. The van der Waals surface area contributed by atoms with Crippen LogP contribution in [0.1, 0.15) is 12.0 Å². The molecule has 2 fully saturated rings. The number of aromatic nitrogens is 1. The first kappa shape index (κ1) is 26.1. The van der Waals surface area contributed by atoms with E-state index in [0.29, 0.717) is 31.9 Å². The molecule has 2 amide bonds. The van der Waals surface area contributed by atoms with E-state index in [0.717, 1.165) is 17.0 Å². The van der Waals surface area contributed by atoms with Crippen LogP contribution in [0.4, 0.5) is 19.3 Å². The minimum atomic E-state index is -1.18. The SMILES string of the molecule is O=C([C@@H](O)CN1CCOCC1)N1CC=C(c2c(F)cc(N3C[C@H](COc4ccon4)OC3=O)cc2F)CC1. The van der Waals surface area contributed by atoms with Gasteiger partial charge in [0.2, 0.25) is 0 Å². The van der Waals surface area contributed by atoms with Gasteiger partial charge >= 0.3 is 6.09 Å². The van der Waals surface area contributed by atoms with Gasteiger partial charge in [0, 0.05) is 44.4 Å². The van der Waals surface area contributed by atoms with Gasteiger partial charge < -0.3 is 28.7 Å². The van der Waals surface area contributed by atoms with Crippen LogP contribution in [0, 0.1) is 11.6 Å². The monoisotopic (exact) mass is 534 g/mol. The third-order valence-electron chi connectivity index (χ3n) is 6.71. The van der Waals surface area contributed by atoms with Crippen LogP contribution >= 0.6 is 0 Å². The topological polar surface area (TPSA) is 118 Å². The van der Waals surface area contributed by atoms with Gasteiger partial charge in [0.15, 0.2) is 6.10 Å². The van der Waals surface area contributed by atoms with Gasteiger partial charge in [-0.25, -0.2) is 13.6 Å². The fourth-order valence-electron chi connectivity index (χ4n) is 4.71. The molecule has 3 aliphatic heterocycles. The van der Waals surface area contributed by atoms with Crippen LogP contribution in [0.15, 0.2) is 35.1 Å². The summed E-state index contributed by atoms with van der Waals surface area (Å²) in [5, 5.41) is 14.0. The molecule has 0 bridgehead atoms. The van der Waals surface area contributed by atoms with E-state index in [1.807, 2.05) is 4.90 Å². The summed E-state index contributed by atoms with van der Waals surface area (Å²) in [6, 6.07) is 3.68. The zero-order valence-electron chi connectivity index (χ0n) is 20.6. The molecule has 1 N–H and O–H groups in total. The van der Waals surface area contributed by atoms with Gasteiger partial charge in [0.1, 0.15) is 30.6 Å². The van der Waals surface area contributed by atoms with Crippen LogP contribution in [0.2, 0.25) is 0 Å². The van der Waals surface area contributed by atoms with Gasteiger partial charge in [-0.15, -0.1) is 0 Å². The molecule has 0 spiro atoms. The quantitative estimate of drug-likeness (QED) is 0.540. The average molecular weight is 535 g/mol. The molecule has 3 aliphatic rings. The highest BCUT2D eigenvalue weighted by atomic mass is 19.1. The van der Waals surface area contributed by atoms with Gasteiger partial charge in [-0.05, 0) is 29.3 Å². The second kappa shape index (κ2) is 11.5. The minimum Gasteiger partial charge on any atom is -0.471 e. The van der Waals surface area contributed by atoms with E-state index >= 15 is 8.78 Å². The fourth-order valence-corrected chi connectivity index (χ4v) is 4.71. The summed E-state index contributed by atoms with van der Waals surface area (Å²) in [5.74, 6) is -1.84. The Kier molecular flexibility index (Phi) is 7.86. The predicted molar refractivity (Wildman–Crippen MR) is 128 cm³/mol. The molecule has 11 nitrogen and oxygen atoms in total. The lowest BCUT2D eigenvalue weighted by Crippen LogP contribution is -2.48. The Bertz CT molecular complexity index is 1160. The van der Waals surface area contributed by atoms with Crippen molar-refractivity contribution in [1.29, 1.82) is 0 Å². The molecule has 4 heterocycles. The number of amides is 2. The average Bonchev–Trinajstić information content (AvgIpc) is 3.57. The van der Waals surface area contributed by atoms with Crippen molar-refractivity contribution in [3.8, 4) is 5.88 Å². The molecule has 0 radical (unpaired) electrons. The number of benzene rings is 1. The number of rotatable bonds is 8. The highest BCUT2D eigenvalue weighted by Crippen LogP contribution is 2.32. The summed E-state index contributed by atoms with van der Waals surface area (Å²) in [5.41, 5.74) is 0.242. The van der Waals surface area contributed by atoms with Crippen molar-refractivity contribution in [1.82, 2.24) is 15.0 Å². The van der Waals surface area contributed by atoms with Gasteiger partial charge in [-0.3, -0.25) is 14.6 Å². The lowest BCUT2D eigenvalue weighted by molar-refractivity contribution is -0.141. The Morgan fingerprint density at radius 1 is 1.21 bits per heavy atom. The smallest absolute Gasteiger partial charge is 0.414 e. The second-order valence-electron chi connectivity index (χ2n) is 9.24. The van der Waals surface area contributed by atoms with Crippen LogP contribution in [0.5, 0.6) is 5.88 Å². The lowest BCUT2D eigenvalue weighted by atomic mass is 9.97. The van der Waals surface area contributed by atoms with Gasteiger partial charge in [-0.2, -0.15) is 0 Å². The fraction of sp³-hybridized carbons (Fsp3) is 0.480. The number of hydrogen-bond acceptors (Lipinski definition) is 9. The van der Waals surface area contributed by atoms with Crippen molar-refractivity contribution in [2.24, 2.45) is 0 Å². The molecule has 1 aromatic heterocycles. The first-order valence-corrected chi connectivity index (χ1v) is 12.4. The summed E-state index contributed by atoms with van der Waals surface area (Å²) >= 11 is 0. The van der Waals surface area contributed by atoms with Crippen LogP contribution in [-0.2, 0) is 14.3 Å². The maximum Gasteiger partial charge on any atom is 0.414 e. The minimum absolute atomic E-state index is 0.00106. The van der Waals surface area contributed by atoms with Crippen molar-refractivity contribution >= 4 is 23.3 Å². The van der Waals surface area contributed by atoms with Crippen LogP contribution in [-0.4, -0.2) is 103 Å². The van der Waals surface area contributed by atoms with E-state index in [1.165, 1.54) is 17.2 Å². The van der Waals surface area contributed by atoms with E-state index in [2.05, 4.69) is 9.68 Å². The number of halogens is 2. The molecule has 204 valence electrons. The molecule has 13 heteroatoms. The van der Waals surface area contributed by atoms with Crippen molar-refractivity contribution in [3.63, 3.8) is 0 Å². The van der Waals surface area contributed by atoms with Crippen LogP contribution in [0.25, 0.3) is 5.57 Å². The number of aliphatic hydroxyl groups is 1. The van der Waals surface area contributed by atoms with Gasteiger partial charge in [-0.1, -0.05) is 6.08 Å². The molecule has 0 aliphatic carbocycles. The molecule has 1 aromatic carbocycles. The largest absolute Gasteiger partial charge is 0.471 e. The molecule has 38 heavy (non-hydrogen) atoms. The van der Waals surface area contributed by atoms with Crippen molar-refractivity contribution in [3.05, 3.63) is 47.7 Å². The second-order valence-corrected chi connectivity index (χ2v) is 9.24. The molecule has 0 saturated carbocycles. The Morgan fingerprint density at radius 3 is 2.63 bits per heavy atom. The summed E-state index contributed by atoms with van der Waals surface area (Å²) < 4.78 is 50.8. The summed E-state index contributed by atoms with van der Waals surface area (Å²) in [4.78, 5) is 29.6. The van der Waals surface area contributed by atoms with E-state index in [9.17, 15) is 14.7 Å². The predicted octanol–water partition coefficient (Wildman–Crippen LogP) is 1.67. The zero-order valence-corrected chi connectivity index (χ0v) is 20.6. The number of cyclic esters (lactones) is 1. The van der Waals surface area contributed by atoms with E-state index in [4.69, 9.17) is 14.2 Å². The zero-order chi connectivity index (χ0) is 26.6. The molecule has 5 rings (SSSR count). The number of nitrogens with zero attached hydrogens (tertiary/aromatic N) is 4. The molecule has 2 aromatic rings. The number of β-amino-alcohol motifs (C(OH)–C–C–N with tert-alkyl or cyclic N) is 1. The van der Waals surface area contributed by atoms with E-state index in [-0.39, 0.29) is 56.3 Å². The highest BCUT2D eigenvalue weighted by Gasteiger charge is 2.34. The number of ether oxygens (including phenoxy) is 3. The van der Waals surface area contributed by atoms with Crippen LogP contribution < -0.4 is 9.64 Å². The van der Waals surface area contributed by atoms with Crippen molar-refractivity contribution in [2.45, 2.75) is 18.6 Å². The number of aliphatic hydroxyl groups excluding tert-OH is 1. The molecular weight excluding hydrogens is 506 g/mol. The van der Waals surface area contributed by atoms with Gasteiger partial charge in [0.05, 0.1) is 25.4 Å². The maximum atomic E-state index is 15.1. The number of anilines is 1. The molecule has 0 unspecified atom stereocenters. The standard InChI is InChI=1S/C25H28F2N4O7/c26-19-11-17(31-13-18(38-25(31)34)15-36-22-3-8-37-28-22)12-20(27)23(19)16-1-4-30(5-2-16)24(33)21(32)14-29-6-9-35-10-7-29/h1,3,8,11-12,18,21,32H,2,4-7,9-10,13-15H2/t18-,21+/m1/s1.